The van der Waals surface area contributed by atoms with Crippen LogP contribution in [0.1, 0.15) is 142 Å². The highest BCUT2D eigenvalue weighted by atomic mass is 16.4. The van der Waals surface area contributed by atoms with Gasteiger partial charge in [0.1, 0.15) is 6.04 Å². The van der Waals surface area contributed by atoms with E-state index < -0.39 is 18.1 Å². The SMILES string of the molecule is CCCCCCCCCCCCCCCCCCCCCC(=O)N1C[C@H](O)C[C@H]1C(=O)O. The molecule has 2 N–H and O–H groups in total. The molecule has 1 fully saturated rings. The lowest BCUT2D eigenvalue weighted by atomic mass is 10.0. The van der Waals surface area contributed by atoms with Crippen molar-refractivity contribution in [1.82, 2.24) is 4.90 Å². The lowest BCUT2D eigenvalue weighted by Gasteiger charge is -2.21. The van der Waals surface area contributed by atoms with Crippen molar-refractivity contribution in [3.63, 3.8) is 0 Å². The Kier molecular flexibility index (Phi) is 17.5. The number of carbonyl (C=O) groups is 2. The molecule has 1 aliphatic rings. The van der Waals surface area contributed by atoms with Crippen LogP contribution in [0.15, 0.2) is 0 Å². The number of nitrogens with zero attached hydrogens (tertiary/aromatic N) is 1. The van der Waals surface area contributed by atoms with Crippen molar-refractivity contribution >= 4 is 11.9 Å². The largest absolute Gasteiger partial charge is 0.480 e. The number of aliphatic carboxylic acids is 1. The van der Waals surface area contributed by atoms with E-state index in [1.54, 1.807) is 0 Å². The maximum Gasteiger partial charge on any atom is 0.326 e. The molecule has 188 valence electrons. The number of carboxylic acid groups (broad SMARTS) is 1. The lowest BCUT2D eigenvalue weighted by Crippen LogP contribution is -2.40. The summed E-state index contributed by atoms with van der Waals surface area (Å²) in [7, 11) is 0. The summed E-state index contributed by atoms with van der Waals surface area (Å²) in [5.41, 5.74) is 0. The van der Waals surface area contributed by atoms with Gasteiger partial charge in [0.05, 0.1) is 6.10 Å². The summed E-state index contributed by atoms with van der Waals surface area (Å²) in [6.45, 7) is 2.44. The van der Waals surface area contributed by atoms with Gasteiger partial charge in [-0.3, -0.25) is 4.79 Å². The molecule has 0 aromatic rings. The van der Waals surface area contributed by atoms with Crippen LogP contribution in [-0.4, -0.2) is 45.7 Å². The molecule has 5 nitrogen and oxygen atoms in total. The Morgan fingerprint density at radius 1 is 0.688 bits per heavy atom. The second-order valence-corrected chi connectivity index (χ2v) is 9.90. The normalized spacial score (nSPS) is 18.4. The zero-order valence-electron chi connectivity index (χ0n) is 20.9. The van der Waals surface area contributed by atoms with Gasteiger partial charge in [0, 0.05) is 19.4 Å². The van der Waals surface area contributed by atoms with Crippen LogP contribution >= 0.6 is 0 Å². The monoisotopic (exact) mass is 453 g/mol. The Morgan fingerprint density at radius 2 is 1.06 bits per heavy atom. The molecule has 0 aromatic carbocycles. The lowest BCUT2D eigenvalue weighted by molar-refractivity contribution is -0.148. The number of carbonyl (C=O) groups excluding carboxylic acids is 1. The third kappa shape index (κ3) is 14.1. The third-order valence-corrected chi connectivity index (χ3v) is 6.88. The predicted octanol–water partition coefficient (Wildman–Crippen LogP) is 6.85. The number of hydrogen-bond donors (Lipinski definition) is 2. The van der Waals surface area contributed by atoms with E-state index in [1.165, 1.54) is 108 Å². The van der Waals surface area contributed by atoms with E-state index in [2.05, 4.69) is 6.92 Å². The van der Waals surface area contributed by atoms with Gasteiger partial charge in [-0.2, -0.15) is 0 Å². The van der Waals surface area contributed by atoms with E-state index in [0.717, 1.165) is 19.3 Å². The van der Waals surface area contributed by atoms with Gasteiger partial charge in [-0.05, 0) is 6.42 Å². The summed E-state index contributed by atoms with van der Waals surface area (Å²) in [4.78, 5) is 24.8. The fraction of sp³-hybridized carbons (Fsp3) is 0.926. The molecule has 0 saturated carbocycles. The summed E-state index contributed by atoms with van der Waals surface area (Å²) >= 11 is 0. The first-order valence-corrected chi connectivity index (χ1v) is 13.8. The Morgan fingerprint density at radius 3 is 1.44 bits per heavy atom. The molecule has 1 heterocycles. The third-order valence-electron chi connectivity index (χ3n) is 6.88. The van der Waals surface area contributed by atoms with E-state index in [-0.39, 0.29) is 18.9 Å². The molecule has 0 unspecified atom stereocenters. The van der Waals surface area contributed by atoms with Crippen LogP contribution in [0.25, 0.3) is 0 Å². The van der Waals surface area contributed by atoms with E-state index in [4.69, 9.17) is 0 Å². The number of likely N-dealkylation sites (tertiary alicyclic amines) is 1. The minimum absolute atomic E-state index is 0.124. The summed E-state index contributed by atoms with van der Waals surface area (Å²) < 4.78 is 0. The summed E-state index contributed by atoms with van der Waals surface area (Å²) in [5, 5.41) is 18.8. The van der Waals surface area contributed by atoms with E-state index in [1.807, 2.05) is 0 Å². The molecule has 1 amide bonds. The first-order chi connectivity index (χ1) is 15.6. The minimum atomic E-state index is -1.01. The van der Waals surface area contributed by atoms with Crippen LogP contribution in [-0.2, 0) is 9.59 Å². The molecule has 0 spiro atoms. The van der Waals surface area contributed by atoms with Gasteiger partial charge in [-0.25, -0.2) is 4.79 Å². The van der Waals surface area contributed by atoms with Gasteiger partial charge in [0.25, 0.3) is 0 Å². The second-order valence-electron chi connectivity index (χ2n) is 9.90. The molecule has 0 aliphatic carbocycles. The number of rotatable bonds is 21. The van der Waals surface area contributed by atoms with Crippen molar-refractivity contribution in [2.75, 3.05) is 6.54 Å². The molecular formula is C27H51NO4. The Balaban J connectivity index is 1.81. The van der Waals surface area contributed by atoms with Crippen LogP contribution in [0.4, 0.5) is 0 Å². The fourth-order valence-corrected chi connectivity index (χ4v) is 4.82. The molecule has 2 atom stereocenters. The molecule has 1 saturated heterocycles. The first kappa shape index (κ1) is 28.9. The first-order valence-electron chi connectivity index (χ1n) is 13.8. The molecule has 0 bridgehead atoms. The van der Waals surface area contributed by atoms with E-state index >= 15 is 0 Å². The number of β-amino-alcohol motifs (C(OH)–C–C–N with tert-alkyl or cyclic N) is 1. The van der Waals surface area contributed by atoms with Gasteiger partial charge in [0.2, 0.25) is 5.91 Å². The maximum atomic E-state index is 12.2. The summed E-state index contributed by atoms with van der Waals surface area (Å²) in [5.74, 6) is -1.14. The van der Waals surface area contributed by atoms with Crippen LogP contribution in [0.5, 0.6) is 0 Å². The molecule has 1 aliphatic heterocycles. The zero-order valence-corrected chi connectivity index (χ0v) is 20.9. The van der Waals surface area contributed by atoms with E-state index in [0.29, 0.717) is 6.42 Å². The Labute approximate surface area is 197 Å². The van der Waals surface area contributed by atoms with Gasteiger partial charge in [-0.15, -0.1) is 0 Å². The number of carboxylic acids is 1. The van der Waals surface area contributed by atoms with Gasteiger partial charge >= 0.3 is 5.97 Å². The van der Waals surface area contributed by atoms with Crippen molar-refractivity contribution in [2.45, 2.75) is 154 Å². The van der Waals surface area contributed by atoms with Crippen LogP contribution in [0, 0.1) is 0 Å². The molecule has 1 rings (SSSR count). The molecule has 0 radical (unpaired) electrons. The molecular weight excluding hydrogens is 402 g/mol. The Hall–Kier alpha value is -1.10. The maximum absolute atomic E-state index is 12.2. The van der Waals surface area contributed by atoms with Gasteiger partial charge in [0.15, 0.2) is 0 Å². The van der Waals surface area contributed by atoms with Gasteiger partial charge in [-0.1, -0.05) is 122 Å². The summed E-state index contributed by atoms with van der Waals surface area (Å²) in [6, 6.07) is -0.849. The second kappa shape index (κ2) is 19.4. The van der Waals surface area contributed by atoms with Crippen LogP contribution in [0.3, 0.4) is 0 Å². The predicted molar refractivity (Wildman–Crippen MR) is 132 cm³/mol. The number of amides is 1. The highest BCUT2D eigenvalue weighted by Crippen LogP contribution is 2.20. The average molecular weight is 454 g/mol. The summed E-state index contributed by atoms with van der Waals surface area (Å²) in [6.07, 6.45) is 24.9. The number of aliphatic hydroxyl groups is 1. The standard InChI is InChI=1S/C27H51NO4/c1-2-3-4-5-6-7-8-9-10-11-12-13-14-15-16-17-18-19-20-21-26(30)28-23-24(29)22-25(28)27(31)32/h24-25,29H,2-23H2,1H3,(H,31,32)/t24-,25+/m1/s1. The highest BCUT2D eigenvalue weighted by molar-refractivity contribution is 5.84. The molecule has 0 aromatic heterocycles. The highest BCUT2D eigenvalue weighted by Gasteiger charge is 2.38. The van der Waals surface area contributed by atoms with Crippen molar-refractivity contribution in [1.29, 1.82) is 0 Å². The smallest absolute Gasteiger partial charge is 0.326 e. The number of hydrogen-bond acceptors (Lipinski definition) is 3. The van der Waals surface area contributed by atoms with E-state index in [9.17, 15) is 19.8 Å². The average Bonchev–Trinajstić information content (AvgIpc) is 3.17. The van der Waals surface area contributed by atoms with Gasteiger partial charge < -0.3 is 15.1 Å². The Bertz CT molecular complexity index is 482. The number of unbranched alkanes of at least 4 members (excludes halogenated alkanes) is 18. The van der Waals surface area contributed by atoms with Crippen molar-refractivity contribution in [3.8, 4) is 0 Å². The van der Waals surface area contributed by atoms with Crippen LogP contribution in [0.2, 0.25) is 0 Å². The van der Waals surface area contributed by atoms with Crippen LogP contribution < -0.4 is 0 Å². The fourth-order valence-electron chi connectivity index (χ4n) is 4.82. The topological polar surface area (TPSA) is 77.8 Å². The molecule has 32 heavy (non-hydrogen) atoms. The molecule has 5 heteroatoms. The van der Waals surface area contributed by atoms with Crippen molar-refractivity contribution in [3.05, 3.63) is 0 Å². The minimum Gasteiger partial charge on any atom is -0.480 e. The van der Waals surface area contributed by atoms with Crippen molar-refractivity contribution < 1.29 is 19.8 Å². The van der Waals surface area contributed by atoms with Crippen molar-refractivity contribution in [2.24, 2.45) is 0 Å². The number of aliphatic hydroxyl groups excluding tert-OH is 1. The zero-order chi connectivity index (χ0) is 23.4. The quantitative estimate of drug-likeness (QED) is 0.186.